The molecule has 0 bridgehead atoms. The summed E-state index contributed by atoms with van der Waals surface area (Å²) >= 11 is 0. The molecule has 30 heavy (non-hydrogen) atoms. The van der Waals surface area contributed by atoms with E-state index in [4.69, 9.17) is 18.8 Å². The number of aliphatic imine (C=N–C) groups is 1. The Morgan fingerprint density at radius 1 is 0.867 bits per heavy atom. The van der Waals surface area contributed by atoms with E-state index in [1.165, 1.54) is 0 Å². The molecule has 0 spiro atoms. The average molecular weight is 400 g/mol. The summed E-state index contributed by atoms with van der Waals surface area (Å²) < 4.78 is 17.9. The Labute approximate surface area is 177 Å². The fourth-order valence-electron chi connectivity index (χ4n) is 4.04. The maximum Gasteiger partial charge on any atom is 0.494 e. The predicted octanol–water partition coefficient (Wildman–Crippen LogP) is 4.30. The molecular formula is C24H25BN2O3. The van der Waals surface area contributed by atoms with Crippen LogP contribution in [0.5, 0.6) is 0 Å². The molecule has 1 aromatic heterocycles. The van der Waals surface area contributed by atoms with Crippen molar-refractivity contribution in [1.82, 2.24) is 5.16 Å². The van der Waals surface area contributed by atoms with E-state index >= 15 is 0 Å². The summed E-state index contributed by atoms with van der Waals surface area (Å²) in [6, 6.07) is 16.6. The molecule has 2 aromatic carbocycles. The van der Waals surface area contributed by atoms with Gasteiger partial charge in [0.25, 0.3) is 0 Å². The Balaban J connectivity index is 1.51. The van der Waals surface area contributed by atoms with Crippen LogP contribution in [0, 0.1) is 6.92 Å². The van der Waals surface area contributed by atoms with Crippen LogP contribution in [0.1, 0.15) is 50.3 Å². The molecule has 6 heteroatoms. The van der Waals surface area contributed by atoms with Gasteiger partial charge in [0.15, 0.2) is 5.76 Å². The van der Waals surface area contributed by atoms with Gasteiger partial charge in [-0.25, -0.2) is 0 Å². The summed E-state index contributed by atoms with van der Waals surface area (Å²) in [7, 11) is -0.370. The van der Waals surface area contributed by atoms with Gasteiger partial charge in [-0.1, -0.05) is 53.7 Å². The molecule has 0 unspecified atom stereocenters. The minimum Gasteiger partial charge on any atom is -0.399 e. The summed E-state index contributed by atoms with van der Waals surface area (Å²) in [4.78, 5) is 4.88. The van der Waals surface area contributed by atoms with Crippen LogP contribution in [-0.4, -0.2) is 29.2 Å². The highest BCUT2D eigenvalue weighted by Gasteiger charge is 2.51. The Morgan fingerprint density at radius 3 is 2.17 bits per heavy atom. The van der Waals surface area contributed by atoms with E-state index in [0.717, 1.165) is 44.9 Å². The number of rotatable bonds is 2. The smallest absolute Gasteiger partial charge is 0.399 e. The molecule has 3 aromatic rings. The van der Waals surface area contributed by atoms with Gasteiger partial charge in [-0.15, -0.1) is 0 Å². The third-order valence-corrected chi connectivity index (χ3v) is 6.48. The fraction of sp³-hybridized carbons (Fsp3) is 0.333. The second kappa shape index (κ2) is 6.66. The van der Waals surface area contributed by atoms with Crippen LogP contribution in [0.3, 0.4) is 0 Å². The lowest BCUT2D eigenvalue weighted by Crippen LogP contribution is -2.41. The first-order valence-corrected chi connectivity index (χ1v) is 10.3. The molecule has 0 amide bonds. The number of hydrogen-bond acceptors (Lipinski definition) is 5. The van der Waals surface area contributed by atoms with Crippen molar-refractivity contribution in [3.63, 3.8) is 0 Å². The van der Waals surface area contributed by atoms with Crippen LogP contribution < -0.4 is 5.46 Å². The summed E-state index contributed by atoms with van der Waals surface area (Å²) in [5, 5.41) is 4.14. The van der Waals surface area contributed by atoms with Gasteiger partial charge in [-0.05, 0) is 45.6 Å². The minimum atomic E-state index is -0.370. The van der Waals surface area contributed by atoms with Gasteiger partial charge in [-0.2, -0.15) is 0 Å². The molecule has 2 aliphatic heterocycles. The molecule has 3 heterocycles. The highest BCUT2D eigenvalue weighted by atomic mass is 16.7. The van der Waals surface area contributed by atoms with Gasteiger partial charge >= 0.3 is 7.12 Å². The molecule has 5 nitrogen and oxygen atoms in total. The minimum absolute atomic E-state index is 0.355. The van der Waals surface area contributed by atoms with E-state index in [2.05, 4.69) is 69.2 Å². The molecule has 152 valence electrons. The van der Waals surface area contributed by atoms with E-state index in [1.807, 2.05) is 19.1 Å². The van der Waals surface area contributed by atoms with Crippen molar-refractivity contribution in [3.05, 3.63) is 71.1 Å². The van der Waals surface area contributed by atoms with Gasteiger partial charge in [0.2, 0.25) is 0 Å². The molecule has 2 aliphatic rings. The molecule has 5 rings (SSSR count). The summed E-state index contributed by atoms with van der Waals surface area (Å²) in [5.74, 6) is 0.809. The van der Waals surface area contributed by atoms with Crippen molar-refractivity contribution in [3.8, 4) is 11.1 Å². The lowest BCUT2D eigenvalue weighted by Gasteiger charge is -2.32. The second-order valence-corrected chi connectivity index (χ2v) is 8.99. The third kappa shape index (κ3) is 2.94. The Hall–Kier alpha value is -2.70. The standard InChI is InChI=1S/C24H25BN2O3/c1-15-21-18-8-6-7-9-19(18)22(26-14-20(21)28-27-15)16-10-12-17(13-11-16)25-29-23(2,3)24(4,5)30-25/h6-13H,14H2,1-5H3. The van der Waals surface area contributed by atoms with E-state index in [9.17, 15) is 0 Å². The first-order chi connectivity index (χ1) is 14.3. The second-order valence-electron chi connectivity index (χ2n) is 8.99. The molecular weight excluding hydrogens is 375 g/mol. The van der Waals surface area contributed by atoms with Crippen LogP contribution >= 0.6 is 0 Å². The number of aromatic nitrogens is 1. The molecule has 0 saturated carbocycles. The molecule has 1 saturated heterocycles. The molecule has 0 N–H and O–H groups in total. The van der Waals surface area contributed by atoms with Crippen molar-refractivity contribution in [2.24, 2.45) is 4.99 Å². The number of nitrogens with zero attached hydrogens (tertiary/aromatic N) is 2. The predicted molar refractivity (Wildman–Crippen MR) is 118 cm³/mol. The van der Waals surface area contributed by atoms with Gasteiger partial charge in [0.1, 0.15) is 6.54 Å². The Bertz CT molecular complexity index is 1130. The average Bonchev–Trinajstić information content (AvgIpc) is 3.11. The fourth-order valence-corrected chi connectivity index (χ4v) is 4.04. The van der Waals surface area contributed by atoms with Crippen molar-refractivity contribution in [2.75, 3.05) is 0 Å². The number of benzene rings is 2. The van der Waals surface area contributed by atoms with Crippen molar-refractivity contribution in [2.45, 2.75) is 52.4 Å². The van der Waals surface area contributed by atoms with Crippen molar-refractivity contribution >= 4 is 18.3 Å². The SMILES string of the molecule is Cc1noc2c1-c1ccccc1C(c1ccc(B3OC(C)(C)C(C)(C)O3)cc1)=NC2. The van der Waals surface area contributed by atoms with Gasteiger partial charge < -0.3 is 13.8 Å². The molecule has 0 aliphatic carbocycles. The zero-order valence-electron chi connectivity index (χ0n) is 18.0. The molecule has 0 radical (unpaired) electrons. The van der Waals surface area contributed by atoms with E-state index in [-0.39, 0.29) is 18.3 Å². The highest BCUT2D eigenvalue weighted by molar-refractivity contribution is 6.62. The zero-order chi connectivity index (χ0) is 21.1. The monoisotopic (exact) mass is 400 g/mol. The van der Waals surface area contributed by atoms with Crippen LogP contribution in [-0.2, 0) is 15.9 Å². The largest absolute Gasteiger partial charge is 0.494 e. The summed E-state index contributed by atoms with van der Waals surface area (Å²) in [5.41, 5.74) is 6.45. The maximum atomic E-state index is 6.18. The molecule has 0 atom stereocenters. The quantitative estimate of drug-likeness (QED) is 0.602. The van der Waals surface area contributed by atoms with Crippen LogP contribution in [0.4, 0.5) is 0 Å². The molecule has 1 fully saturated rings. The van der Waals surface area contributed by atoms with Crippen LogP contribution in [0.25, 0.3) is 11.1 Å². The van der Waals surface area contributed by atoms with E-state index in [0.29, 0.717) is 6.54 Å². The number of hydrogen-bond donors (Lipinski definition) is 0. The van der Waals surface area contributed by atoms with Gasteiger partial charge in [-0.3, -0.25) is 4.99 Å². The van der Waals surface area contributed by atoms with Gasteiger partial charge in [0.05, 0.1) is 28.2 Å². The van der Waals surface area contributed by atoms with Crippen LogP contribution in [0.2, 0.25) is 0 Å². The third-order valence-electron chi connectivity index (χ3n) is 6.48. The maximum absolute atomic E-state index is 6.18. The summed E-state index contributed by atoms with van der Waals surface area (Å²) in [6.07, 6.45) is 0. The van der Waals surface area contributed by atoms with Crippen molar-refractivity contribution < 1.29 is 13.8 Å². The highest BCUT2D eigenvalue weighted by Crippen LogP contribution is 2.37. The van der Waals surface area contributed by atoms with E-state index < -0.39 is 0 Å². The first-order valence-electron chi connectivity index (χ1n) is 10.3. The lowest BCUT2D eigenvalue weighted by molar-refractivity contribution is 0.00578. The Kier molecular flexibility index (Phi) is 4.28. The van der Waals surface area contributed by atoms with Gasteiger partial charge in [0, 0.05) is 11.1 Å². The topological polar surface area (TPSA) is 56.9 Å². The normalized spacial score (nSPS) is 19.1. The first kappa shape index (κ1) is 19.3. The van der Waals surface area contributed by atoms with Crippen LogP contribution in [0.15, 0.2) is 58.0 Å². The van der Waals surface area contributed by atoms with E-state index in [1.54, 1.807) is 0 Å². The Morgan fingerprint density at radius 2 is 1.50 bits per heavy atom. The number of aryl methyl sites for hydroxylation is 1. The number of fused-ring (bicyclic) bond motifs is 3. The lowest BCUT2D eigenvalue weighted by atomic mass is 9.78. The van der Waals surface area contributed by atoms with Crippen molar-refractivity contribution in [1.29, 1.82) is 0 Å². The zero-order valence-corrected chi connectivity index (χ0v) is 18.0. The summed E-state index contributed by atoms with van der Waals surface area (Å²) in [6.45, 7) is 10.7.